The molecule has 2 aliphatic rings. The van der Waals surface area contributed by atoms with E-state index in [9.17, 15) is 4.79 Å². The smallest absolute Gasteiger partial charge is 0.255 e. The lowest BCUT2D eigenvalue weighted by molar-refractivity contribution is 0.0941. The SMILES string of the molecule is Nc1nonc1-c1nc2c(-c3ccccc3)ncc(C(=O)NC3CCNC3)c2n1C1CCCC1. The van der Waals surface area contributed by atoms with Crippen LogP contribution in [0.4, 0.5) is 5.82 Å². The zero-order valence-corrected chi connectivity index (χ0v) is 18.7. The van der Waals surface area contributed by atoms with Crippen molar-refractivity contribution in [3.63, 3.8) is 0 Å². The van der Waals surface area contributed by atoms with Crippen LogP contribution >= 0.6 is 0 Å². The van der Waals surface area contributed by atoms with Crippen LogP contribution in [0.1, 0.15) is 48.5 Å². The number of nitrogens with one attached hydrogen (secondary N) is 2. The third-order valence-corrected chi connectivity index (χ3v) is 6.82. The maximum Gasteiger partial charge on any atom is 0.255 e. The molecule has 0 spiro atoms. The number of rotatable bonds is 5. The van der Waals surface area contributed by atoms with Gasteiger partial charge in [0.2, 0.25) is 0 Å². The van der Waals surface area contributed by atoms with Crippen LogP contribution in [0.2, 0.25) is 0 Å². The van der Waals surface area contributed by atoms with Crippen molar-refractivity contribution >= 4 is 22.8 Å². The van der Waals surface area contributed by atoms with Gasteiger partial charge < -0.3 is 20.9 Å². The van der Waals surface area contributed by atoms with E-state index in [1.807, 2.05) is 30.3 Å². The quantitative estimate of drug-likeness (QED) is 0.415. The van der Waals surface area contributed by atoms with Crippen molar-refractivity contribution in [1.82, 2.24) is 35.5 Å². The van der Waals surface area contributed by atoms with Gasteiger partial charge in [-0.25, -0.2) is 9.61 Å². The Morgan fingerprint density at radius 1 is 1.12 bits per heavy atom. The standard InChI is InChI=1S/C24H26N8O2/c25-22-20(30-34-31-22)23-29-19-18(14-6-2-1-3-7-14)27-13-17(24(33)28-15-10-11-26-12-15)21(19)32(23)16-8-4-5-9-16/h1-3,6-7,13,15-16,26H,4-5,8-12H2,(H2,25,31)(H,28,33). The number of hydrogen-bond acceptors (Lipinski definition) is 8. The zero-order valence-electron chi connectivity index (χ0n) is 18.7. The summed E-state index contributed by atoms with van der Waals surface area (Å²) in [6.45, 7) is 1.66. The molecule has 3 aromatic heterocycles. The Hall–Kier alpha value is -3.79. The number of aromatic nitrogens is 5. The molecule has 10 heteroatoms. The Kier molecular flexibility index (Phi) is 5.21. The molecule has 10 nitrogen and oxygen atoms in total. The molecular weight excluding hydrogens is 432 g/mol. The minimum atomic E-state index is -0.150. The van der Waals surface area contributed by atoms with Crippen LogP contribution in [-0.2, 0) is 0 Å². The number of hydrogen-bond donors (Lipinski definition) is 3. The van der Waals surface area contributed by atoms with Gasteiger partial charge in [0.1, 0.15) is 5.52 Å². The van der Waals surface area contributed by atoms with Crippen molar-refractivity contribution in [3.05, 3.63) is 42.1 Å². The Morgan fingerprint density at radius 2 is 1.94 bits per heavy atom. The lowest BCUT2D eigenvalue weighted by Crippen LogP contribution is -2.36. The number of nitrogens with two attached hydrogens (primary N) is 1. The largest absolute Gasteiger partial charge is 0.379 e. The number of nitrogen functional groups attached to an aromatic ring is 1. The van der Waals surface area contributed by atoms with Gasteiger partial charge in [-0.3, -0.25) is 9.78 Å². The number of fused-ring (bicyclic) bond motifs is 1. The summed E-state index contributed by atoms with van der Waals surface area (Å²) in [4.78, 5) is 23.2. The molecule has 1 saturated carbocycles. The van der Waals surface area contributed by atoms with E-state index in [4.69, 9.17) is 20.3 Å². The fourth-order valence-electron chi connectivity index (χ4n) is 5.16. The van der Waals surface area contributed by atoms with Crippen LogP contribution in [0.5, 0.6) is 0 Å². The van der Waals surface area contributed by atoms with Crippen molar-refractivity contribution in [2.24, 2.45) is 0 Å². The van der Waals surface area contributed by atoms with Gasteiger partial charge in [0.05, 0.1) is 16.8 Å². The van der Waals surface area contributed by atoms with E-state index >= 15 is 0 Å². The molecule has 34 heavy (non-hydrogen) atoms. The maximum atomic E-state index is 13.5. The first-order valence-electron chi connectivity index (χ1n) is 11.8. The van der Waals surface area contributed by atoms with Gasteiger partial charge in [-0.05, 0) is 36.1 Å². The van der Waals surface area contributed by atoms with E-state index < -0.39 is 0 Å². The molecular formula is C24H26N8O2. The molecule has 1 atom stereocenters. The first-order valence-corrected chi connectivity index (χ1v) is 11.8. The Labute approximate surface area is 195 Å². The molecule has 0 radical (unpaired) electrons. The normalized spacial score (nSPS) is 18.6. The average molecular weight is 459 g/mol. The zero-order chi connectivity index (χ0) is 23.1. The highest BCUT2D eigenvalue weighted by Gasteiger charge is 2.31. The van der Waals surface area contributed by atoms with Crippen LogP contribution in [0.3, 0.4) is 0 Å². The molecule has 4 N–H and O–H groups in total. The van der Waals surface area contributed by atoms with Gasteiger partial charge in [-0.2, -0.15) is 0 Å². The summed E-state index contributed by atoms with van der Waals surface area (Å²) in [5, 5.41) is 14.3. The summed E-state index contributed by atoms with van der Waals surface area (Å²) in [7, 11) is 0. The average Bonchev–Trinajstić information content (AvgIpc) is 3.65. The van der Waals surface area contributed by atoms with Crippen molar-refractivity contribution in [2.45, 2.75) is 44.2 Å². The molecule has 6 rings (SSSR count). The van der Waals surface area contributed by atoms with Gasteiger partial charge >= 0.3 is 0 Å². The summed E-state index contributed by atoms with van der Waals surface area (Å²) in [5.41, 5.74) is 10.0. The molecule has 4 aromatic rings. The lowest BCUT2D eigenvalue weighted by Gasteiger charge is -2.18. The van der Waals surface area contributed by atoms with Gasteiger partial charge in [0, 0.05) is 30.4 Å². The minimum absolute atomic E-state index is 0.0917. The predicted molar refractivity (Wildman–Crippen MR) is 127 cm³/mol. The van der Waals surface area contributed by atoms with E-state index in [0.29, 0.717) is 28.3 Å². The van der Waals surface area contributed by atoms with Crippen LogP contribution < -0.4 is 16.4 Å². The van der Waals surface area contributed by atoms with Crippen LogP contribution in [0, 0.1) is 0 Å². The molecule has 1 aliphatic heterocycles. The molecule has 1 aromatic carbocycles. The minimum Gasteiger partial charge on any atom is -0.379 e. The number of amides is 1. The number of benzene rings is 1. The summed E-state index contributed by atoms with van der Waals surface area (Å²) < 4.78 is 7.03. The highest BCUT2D eigenvalue weighted by atomic mass is 16.6. The second-order valence-corrected chi connectivity index (χ2v) is 8.99. The van der Waals surface area contributed by atoms with E-state index in [0.717, 1.165) is 56.3 Å². The second-order valence-electron chi connectivity index (χ2n) is 8.99. The van der Waals surface area contributed by atoms with Crippen LogP contribution in [-0.4, -0.2) is 49.9 Å². The number of pyridine rings is 1. The third kappa shape index (κ3) is 3.50. The van der Waals surface area contributed by atoms with Crippen molar-refractivity contribution in [1.29, 1.82) is 0 Å². The first-order chi connectivity index (χ1) is 16.7. The molecule has 1 saturated heterocycles. The van der Waals surface area contributed by atoms with Gasteiger partial charge in [0.25, 0.3) is 5.91 Å². The van der Waals surface area contributed by atoms with Crippen LogP contribution in [0.15, 0.2) is 41.2 Å². The fourth-order valence-corrected chi connectivity index (χ4v) is 5.16. The summed E-state index contributed by atoms with van der Waals surface area (Å²) >= 11 is 0. The molecule has 0 bridgehead atoms. The molecule has 1 aliphatic carbocycles. The number of carbonyl (C=O) groups is 1. The first kappa shape index (κ1) is 20.8. The monoisotopic (exact) mass is 458 g/mol. The van der Waals surface area contributed by atoms with Gasteiger partial charge in [-0.15, -0.1) is 0 Å². The molecule has 4 heterocycles. The highest BCUT2D eigenvalue weighted by molar-refractivity contribution is 6.08. The highest BCUT2D eigenvalue weighted by Crippen LogP contribution is 2.40. The summed E-state index contributed by atoms with van der Waals surface area (Å²) in [6.07, 6.45) is 6.77. The van der Waals surface area contributed by atoms with Crippen LogP contribution in [0.25, 0.3) is 33.8 Å². The number of anilines is 1. The number of nitrogens with zero attached hydrogens (tertiary/aromatic N) is 5. The van der Waals surface area contributed by atoms with Gasteiger partial charge in [-0.1, -0.05) is 43.2 Å². The third-order valence-electron chi connectivity index (χ3n) is 6.82. The van der Waals surface area contributed by atoms with Crippen molar-refractivity contribution in [3.8, 4) is 22.8 Å². The number of carbonyl (C=O) groups excluding carboxylic acids is 1. The van der Waals surface area contributed by atoms with E-state index in [2.05, 4.69) is 25.5 Å². The molecule has 174 valence electrons. The Balaban J connectivity index is 1.61. The fraction of sp³-hybridized carbons (Fsp3) is 0.375. The van der Waals surface area contributed by atoms with Gasteiger partial charge in [0.15, 0.2) is 17.3 Å². The number of imidazole rings is 1. The van der Waals surface area contributed by atoms with E-state index in [1.165, 1.54) is 0 Å². The summed E-state index contributed by atoms with van der Waals surface area (Å²) in [5.74, 6) is 0.581. The topological polar surface area (TPSA) is 137 Å². The second kappa shape index (κ2) is 8.53. The van der Waals surface area contributed by atoms with Crippen molar-refractivity contribution in [2.75, 3.05) is 18.8 Å². The Bertz CT molecular complexity index is 1330. The molecule has 1 unspecified atom stereocenters. The maximum absolute atomic E-state index is 13.5. The van der Waals surface area contributed by atoms with E-state index in [1.54, 1.807) is 6.20 Å². The van der Waals surface area contributed by atoms with E-state index in [-0.39, 0.29) is 23.8 Å². The predicted octanol–water partition coefficient (Wildman–Crippen LogP) is 2.94. The lowest BCUT2D eigenvalue weighted by atomic mass is 10.1. The molecule has 2 fully saturated rings. The Morgan fingerprint density at radius 3 is 2.65 bits per heavy atom. The molecule has 1 amide bonds. The van der Waals surface area contributed by atoms with Crippen molar-refractivity contribution < 1.29 is 9.42 Å². The summed E-state index contributed by atoms with van der Waals surface area (Å²) in [6, 6.07) is 10.1.